The van der Waals surface area contributed by atoms with Gasteiger partial charge < -0.3 is 19.5 Å². The average molecular weight is 579 g/mol. The van der Waals surface area contributed by atoms with Gasteiger partial charge in [0.25, 0.3) is 0 Å². The molecule has 5 nitrogen and oxygen atoms in total. The SMILES string of the molecule is Cc1ccccc1Oc1ccc(N2C(=S)N[C@H](c3ccccn3)[C@@H]2c2cc(C)n(-c3cccc(Cl)c3C)c2C)cc1. The van der Waals surface area contributed by atoms with E-state index in [1.54, 1.807) is 0 Å². The predicted molar refractivity (Wildman–Crippen MR) is 171 cm³/mol. The van der Waals surface area contributed by atoms with E-state index in [0.29, 0.717) is 5.11 Å². The van der Waals surface area contributed by atoms with Gasteiger partial charge in [-0.3, -0.25) is 4.98 Å². The quantitative estimate of drug-likeness (QED) is 0.204. The molecule has 3 aromatic carbocycles. The molecule has 0 spiro atoms. The Hall–Kier alpha value is -4.13. The number of hydrogen-bond donors (Lipinski definition) is 1. The van der Waals surface area contributed by atoms with E-state index in [2.05, 4.69) is 65.9 Å². The van der Waals surface area contributed by atoms with Gasteiger partial charge in [0.2, 0.25) is 0 Å². The number of ether oxygens (including phenoxy) is 1. The monoisotopic (exact) mass is 578 g/mol. The normalized spacial score (nSPS) is 16.6. The van der Waals surface area contributed by atoms with Crippen LogP contribution < -0.4 is 15.0 Å². The molecule has 0 unspecified atom stereocenters. The number of nitrogens with zero attached hydrogens (tertiary/aromatic N) is 3. The first kappa shape index (κ1) is 27.1. The number of halogens is 1. The van der Waals surface area contributed by atoms with Gasteiger partial charge in [0.15, 0.2) is 5.11 Å². The molecular formula is C34H31ClN4OS. The van der Waals surface area contributed by atoms with Crippen LogP contribution in [-0.4, -0.2) is 14.7 Å². The van der Waals surface area contributed by atoms with Crippen molar-refractivity contribution < 1.29 is 4.74 Å². The number of aromatic nitrogens is 2. The summed E-state index contributed by atoms with van der Waals surface area (Å²) in [6, 6.07) is 30.2. The summed E-state index contributed by atoms with van der Waals surface area (Å²) in [6.07, 6.45) is 1.83. The molecule has 0 bridgehead atoms. The van der Waals surface area contributed by atoms with Crippen molar-refractivity contribution >= 4 is 34.6 Å². The van der Waals surface area contributed by atoms with Gasteiger partial charge in [0.05, 0.1) is 17.8 Å². The Kier molecular flexibility index (Phi) is 7.28. The molecule has 3 heterocycles. The van der Waals surface area contributed by atoms with Crippen LogP contribution in [0, 0.1) is 27.7 Å². The molecule has 0 aliphatic carbocycles. The van der Waals surface area contributed by atoms with Crippen LogP contribution in [0.2, 0.25) is 5.02 Å². The number of benzene rings is 3. The predicted octanol–water partition coefficient (Wildman–Crippen LogP) is 8.73. The Bertz CT molecular complexity index is 1730. The number of rotatable bonds is 6. The first-order chi connectivity index (χ1) is 19.8. The van der Waals surface area contributed by atoms with Crippen LogP contribution in [0.5, 0.6) is 11.5 Å². The molecule has 1 aliphatic rings. The molecular weight excluding hydrogens is 548 g/mol. The van der Waals surface area contributed by atoms with Crippen LogP contribution in [0.3, 0.4) is 0 Å². The second-order valence-electron chi connectivity index (χ2n) is 10.4. The van der Waals surface area contributed by atoms with Gasteiger partial charge in [-0.2, -0.15) is 0 Å². The van der Waals surface area contributed by atoms with Crippen molar-refractivity contribution in [1.82, 2.24) is 14.9 Å². The van der Waals surface area contributed by atoms with E-state index >= 15 is 0 Å². The van der Waals surface area contributed by atoms with Crippen molar-refractivity contribution in [3.05, 3.63) is 136 Å². The number of aryl methyl sites for hydroxylation is 2. The lowest BCUT2D eigenvalue weighted by molar-refractivity contribution is 0.479. The Balaban J connectivity index is 1.43. The zero-order valence-corrected chi connectivity index (χ0v) is 25.0. The molecule has 1 aliphatic heterocycles. The van der Waals surface area contributed by atoms with Crippen LogP contribution in [-0.2, 0) is 0 Å². The molecule has 6 rings (SSSR count). The summed E-state index contributed by atoms with van der Waals surface area (Å²) in [4.78, 5) is 6.92. The lowest BCUT2D eigenvalue weighted by Crippen LogP contribution is -2.29. The summed E-state index contributed by atoms with van der Waals surface area (Å²) in [5, 5.41) is 4.98. The van der Waals surface area contributed by atoms with E-state index in [9.17, 15) is 0 Å². The highest BCUT2D eigenvalue weighted by molar-refractivity contribution is 7.80. The van der Waals surface area contributed by atoms with Gasteiger partial charge in [-0.05, 0) is 117 Å². The fourth-order valence-electron chi connectivity index (χ4n) is 5.72. The fourth-order valence-corrected chi connectivity index (χ4v) is 6.23. The number of nitrogens with one attached hydrogen (secondary N) is 1. The van der Waals surface area contributed by atoms with Crippen LogP contribution >= 0.6 is 23.8 Å². The summed E-state index contributed by atoms with van der Waals surface area (Å²) in [5.41, 5.74) is 8.56. The van der Waals surface area contributed by atoms with Crippen molar-refractivity contribution in [1.29, 1.82) is 0 Å². The van der Waals surface area contributed by atoms with Crippen molar-refractivity contribution in [2.45, 2.75) is 39.8 Å². The molecule has 1 saturated heterocycles. The van der Waals surface area contributed by atoms with Gasteiger partial charge >= 0.3 is 0 Å². The molecule has 1 N–H and O–H groups in total. The summed E-state index contributed by atoms with van der Waals surface area (Å²) in [7, 11) is 0. The Labute approximate surface area is 251 Å². The minimum absolute atomic E-state index is 0.125. The molecule has 2 atom stereocenters. The second-order valence-corrected chi connectivity index (χ2v) is 11.2. The summed E-state index contributed by atoms with van der Waals surface area (Å²) in [6.45, 7) is 8.40. The zero-order valence-electron chi connectivity index (χ0n) is 23.4. The van der Waals surface area contributed by atoms with E-state index in [4.69, 9.17) is 33.5 Å². The Morgan fingerprint density at radius 2 is 1.63 bits per heavy atom. The van der Waals surface area contributed by atoms with Gasteiger partial charge in [0, 0.05) is 34.0 Å². The third-order valence-electron chi connectivity index (χ3n) is 7.80. The lowest BCUT2D eigenvalue weighted by atomic mass is 9.96. The maximum Gasteiger partial charge on any atom is 0.174 e. The molecule has 0 amide bonds. The molecule has 0 saturated carbocycles. The number of para-hydroxylation sites is 1. The summed E-state index contributed by atoms with van der Waals surface area (Å²) >= 11 is 12.5. The third-order valence-corrected chi connectivity index (χ3v) is 8.53. The minimum atomic E-state index is -0.138. The molecule has 7 heteroatoms. The molecule has 41 heavy (non-hydrogen) atoms. The van der Waals surface area contributed by atoms with E-state index in [0.717, 1.165) is 56.1 Å². The van der Waals surface area contributed by atoms with Crippen LogP contribution in [0.15, 0.2) is 97.2 Å². The van der Waals surface area contributed by atoms with Crippen molar-refractivity contribution in [2.75, 3.05) is 4.90 Å². The highest BCUT2D eigenvalue weighted by Gasteiger charge is 2.42. The third kappa shape index (κ3) is 4.98. The number of thiocarbonyl (C=S) groups is 1. The highest BCUT2D eigenvalue weighted by Crippen LogP contribution is 2.44. The molecule has 2 aromatic heterocycles. The van der Waals surface area contributed by atoms with E-state index < -0.39 is 0 Å². The largest absolute Gasteiger partial charge is 0.457 e. The number of hydrogen-bond acceptors (Lipinski definition) is 3. The first-order valence-electron chi connectivity index (χ1n) is 13.6. The van der Waals surface area contributed by atoms with E-state index in [1.165, 1.54) is 5.56 Å². The van der Waals surface area contributed by atoms with Gasteiger partial charge in [-0.15, -0.1) is 0 Å². The summed E-state index contributed by atoms with van der Waals surface area (Å²) in [5.74, 6) is 1.61. The average Bonchev–Trinajstić information content (AvgIpc) is 3.47. The highest BCUT2D eigenvalue weighted by atomic mass is 35.5. The van der Waals surface area contributed by atoms with Crippen LogP contribution in [0.4, 0.5) is 5.69 Å². The number of pyridine rings is 1. The first-order valence-corrected chi connectivity index (χ1v) is 14.4. The molecule has 5 aromatic rings. The van der Waals surface area contributed by atoms with Gasteiger partial charge in [-0.25, -0.2) is 0 Å². The van der Waals surface area contributed by atoms with Gasteiger partial charge in [0.1, 0.15) is 11.5 Å². The maximum atomic E-state index is 6.53. The Morgan fingerprint density at radius 3 is 2.37 bits per heavy atom. The van der Waals surface area contributed by atoms with E-state index in [-0.39, 0.29) is 12.1 Å². The summed E-state index contributed by atoms with van der Waals surface area (Å²) < 4.78 is 8.45. The van der Waals surface area contributed by atoms with Crippen LogP contribution in [0.1, 0.15) is 45.9 Å². The lowest BCUT2D eigenvalue weighted by Gasteiger charge is -2.28. The maximum absolute atomic E-state index is 6.53. The fraction of sp³-hybridized carbons (Fsp3) is 0.176. The van der Waals surface area contributed by atoms with E-state index in [1.807, 2.05) is 73.8 Å². The Morgan fingerprint density at radius 1 is 0.878 bits per heavy atom. The van der Waals surface area contributed by atoms with Crippen molar-refractivity contribution in [3.63, 3.8) is 0 Å². The standard InChI is InChI=1S/C34H31ClN4OS/c1-21-10-5-6-14-31(21)40-26-17-15-25(16-18-26)39-33(32(37-34(39)41)29-12-7-8-19-36-29)27-20-22(2)38(24(27)4)30-13-9-11-28(35)23(30)3/h5-20,32-33H,1-4H3,(H,37,41)/t32-,33+/m1/s1. The topological polar surface area (TPSA) is 42.3 Å². The van der Waals surface area contributed by atoms with Crippen LogP contribution in [0.25, 0.3) is 5.69 Å². The smallest absolute Gasteiger partial charge is 0.174 e. The molecule has 0 radical (unpaired) electrons. The van der Waals surface area contributed by atoms with Gasteiger partial charge in [-0.1, -0.05) is 41.9 Å². The van der Waals surface area contributed by atoms with Crippen molar-refractivity contribution in [3.8, 4) is 17.2 Å². The molecule has 206 valence electrons. The molecule has 1 fully saturated rings. The second kappa shape index (κ2) is 11.0. The zero-order chi connectivity index (χ0) is 28.7. The minimum Gasteiger partial charge on any atom is -0.457 e. The van der Waals surface area contributed by atoms with Crippen molar-refractivity contribution in [2.24, 2.45) is 0 Å². The number of anilines is 1.